The van der Waals surface area contributed by atoms with Crippen LogP contribution in [0, 0.1) is 11.7 Å². The molecule has 0 amide bonds. The Morgan fingerprint density at radius 2 is 1.78 bits per heavy atom. The van der Waals surface area contributed by atoms with Crippen LogP contribution in [0.2, 0.25) is 0 Å². The van der Waals surface area contributed by atoms with Crippen LogP contribution in [-0.4, -0.2) is 65.0 Å². The first-order chi connectivity index (χ1) is 17.2. The molecular weight excluding hydrogens is 490 g/mol. The van der Waals surface area contributed by atoms with E-state index in [0.29, 0.717) is 36.6 Å². The Kier molecular flexibility index (Phi) is 6.50. The molecule has 2 fully saturated rings. The molecule has 1 saturated carbocycles. The Morgan fingerprint density at radius 1 is 1.06 bits per heavy atom. The molecule has 8 nitrogen and oxygen atoms in total. The van der Waals surface area contributed by atoms with Crippen molar-refractivity contribution in [3.63, 3.8) is 0 Å². The number of nitrogens with zero attached hydrogens (tertiary/aromatic N) is 4. The second kappa shape index (κ2) is 9.61. The first-order valence-electron chi connectivity index (χ1n) is 11.8. The van der Waals surface area contributed by atoms with E-state index >= 15 is 0 Å². The van der Waals surface area contributed by atoms with Crippen molar-refractivity contribution in [2.24, 2.45) is 5.92 Å². The molecule has 0 radical (unpaired) electrons. The van der Waals surface area contributed by atoms with Gasteiger partial charge in [0.25, 0.3) is 0 Å². The summed E-state index contributed by atoms with van der Waals surface area (Å²) in [6.07, 6.45) is 2.18. The lowest BCUT2D eigenvalue weighted by Crippen LogP contribution is -2.40. The van der Waals surface area contributed by atoms with Gasteiger partial charge in [-0.1, -0.05) is 12.1 Å². The summed E-state index contributed by atoms with van der Waals surface area (Å²) in [5.74, 6) is -2.34. The fourth-order valence-corrected chi connectivity index (χ4v) is 6.25. The minimum Gasteiger partial charge on any atom is -0.481 e. The quantitative estimate of drug-likeness (QED) is 0.552. The maximum Gasteiger partial charge on any atom is 0.307 e. The fourth-order valence-electron chi connectivity index (χ4n) is 5.05. The van der Waals surface area contributed by atoms with Gasteiger partial charge in [0.05, 0.1) is 29.3 Å². The Bertz CT molecular complexity index is 1350. The van der Waals surface area contributed by atoms with E-state index in [1.165, 1.54) is 16.8 Å². The number of carboxylic acids is 1. The largest absolute Gasteiger partial charge is 0.481 e. The summed E-state index contributed by atoms with van der Waals surface area (Å²) in [6, 6.07) is 10.3. The third kappa shape index (κ3) is 4.97. The standard InChI is InChI=1S/C25H26F2N4O4S/c26-17-3-7-20(21(13-17)25(32)33)24-22(15-31(29-24)23-8-4-18(27)14-28-23)16-1-5-19(6-2-16)30-9-11-36(34,35)12-10-30/h1-2,4-6,8,14-15,17,20-21H,3,7,9-13H2,(H,32,33). The maximum absolute atomic E-state index is 14.1. The van der Waals surface area contributed by atoms with E-state index in [-0.39, 0.29) is 24.3 Å². The van der Waals surface area contributed by atoms with E-state index in [1.807, 2.05) is 29.2 Å². The van der Waals surface area contributed by atoms with Crippen molar-refractivity contribution in [2.45, 2.75) is 31.4 Å². The number of alkyl halides is 1. The number of rotatable bonds is 5. The first kappa shape index (κ1) is 24.4. The molecule has 1 N–H and O–H groups in total. The van der Waals surface area contributed by atoms with E-state index in [2.05, 4.69) is 10.1 Å². The Hall–Kier alpha value is -3.34. The second-order valence-electron chi connectivity index (χ2n) is 9.35. The van der Waals surface area contributed by atoms with Crippen LogP contribution in [0.5, 0.6) is 0 Å². The van der Waals surface area contributed by atoms with Gasteiger partial charge in [-0.05, 0) is 49.1 Å². The third-order valence-corrected chi connectivity index (χ3v) is 8.64. The molecule has 36 heavy (non-hydrogen) atoms. The first-order valence-corrected chi connectivity index (χ1v) is 13.7. The lowest BCUT2D eigenvalue weighted by atomic mass is 9.75. The van der Waals surface area contributed by atoms with Crippen LogP contribution in [0.25, 0.3) is 16.9 Å². The molecule has 5 rings (SSSR count). The van der Waals surface area contributed by atoms with E-state index in [1.54, 1.807) is 6.20 Å². The zero-order chi connectivity index (χ0) is 25.4. The van der Waals surface area contributed by atoms with Crippen molar-refractivity contribution in [1.29, 1.82) is 0 Å². The molecule has 3 aromatic rings. The van der Waals surface area contributed by atoms with Crippen molar-refractivity contribution in [3.8, 4) is 16.9 Å². The summed E-state index contributed by atoms with van der Waals surface area (Å²) < 4.78 is 52.5. The van der Waals surface area contributed by atoms with Gasteiger partial charge in [-0.2, -0.15) is 5.10 Å². The summed E-state index contributed by atoms with van der Waals surface area (Å²) in [5.41, 5.74) is 2.92. The lowest BCUT2D eigenvalue weighted by Gasteiger charge is -2.30. The minimum atomic E-state index is -2.99. The van der Waals surface area contributed by atoms with Crippen LogP contribution in [0.3, 0.4) is 0 Å². The average Bonchev–Trinajstić information content (AvgIpc) is 3.30. The van der Waals surface area contributed by atoms with Gasteiger partial charge in [-0.3, -0.25) is 4.79 Å². The van der Waals surface area contributed by atoms with Gasteiger partial charge in [0.1, 0.15) is 12.0 Å². The van der Waals surface area contributed by atoms with Crippen LogP contribution in [-0.2, 0) is 14.6 Å². The molecular formula is C25H26F2N4O4S. The van der Waals surface area contributed by atoms with Crippen molar-refractivity contribution in [2.75, 3.05) is 29.5 Å². The van der Waals surface area contributed by atoms with Gasteiger partial charge in [-0.15, -0.1) is 0 Å². The third-order valence-electron chi connectivity index (χ3n) is 7.03. The highest BCUT2D eigenvalue weighted by molar-refractivity contribution is 7.91. The number of benzene rings is 1. The zero-order valence-corrected chi connectivity index (χ0v) is 20.2. The molecule has 3 atom stereocenters. The summed E-state index contributed by atoms with van der Waals surface area (Å²) in [6.45, 7) is 0.849. The topological polar surface area (TPSA) is 105 Å². The molecule has 1 saturated heterocycles. The van der Waals surface area contributed by atoms with E-state index in [9.17, 15) is 27.1 Å². The van der Waals surface area contributed by atoms with Crippen LogP contribution >= 0.6 is 0 Å². The lowest BCUT2D eigenvalue weighted by molar-refractivity contribution is -0.144. The molecule has 1 aliphatic heterocycles. The number of anilines is 1. The number of aliphatic carboxylic acids is 1. The highest BCUT2D eigenvalue weighted by atomic mass is 32.2. The number of pyridine rings is 1. The van der Waals surface area contributed by atoms with Gasteiger partial charge in [0.15, 0.2) is 15.7 Å². The maximum atomic E-state index is 14.1. The molecule has 190 valence electrons. The van der Waals surface area contributed by atoms with Crippen LogP contribution in [0.15, 0.2) is 48.8 Å². The number of carbonyl (C=O) groups is 1. The monoisotopic (exact) mass is 516 g/mol. The average molecular weight is 517 g/mol. The second-order valence-corrected chi connectivity index (χ2v) is 11.7. The van der Waals surface area contributed by atoms with Gasteiger partial charge in [0, 0.05) is 36.5 Å². The van der Waals surface area contributed by atoms with Crippen molar-refractivity contribution in [3.05, 3.63) is 60.3 Å². The summed E-state index contributed by atoms with van der Waals surface area (Å²) in [5, 5.41) is 14.5. The molecule has 2 aliphatic rings. The predicted octanol–water partition coefficient (Wildman–Crippen LogP) is 3.61. The zero-order valence-electron chi connectivity index (χ0n) is 19.4. The summed E-state index contributed by atoms with van der Waals surface area (Å²) in [4.78, 5) is 18.1. The summed E-state index contributed by atoms with van der Waals surface area (Å²) >= 11 is 0. The number of carboxylic acid groups (broad SMARTS) is 1. The van der Waals surface area contributed by atoms with Gasteiger partial charge < -0.3 is 10.0 Å². The molecule has 1 aromatic carbocycles. The number of halogens is 2. The molecule has 0 bridgehead atoms. The highest BCUT2D eigenvalue weighted by Gasteiger charge is 2.39. The Morgan fingerprint density at radius 3 is 2.42 bits per heavy atom. The Balaban J connectivity index is 1.52. The van der Waals surface area contributed by atoms with Gasteiger partial charge in [0.2, 0.25) is 0 Å². The van der Waals surface area contributed by atoms with E-state index < -0.39 is 39.6 Å². The van der Waals surface area contributed by atoms with Crippen LogP contribution < -0.4 is 4.90 Å². The molecule has 3 heterocycles. The van der Waals surface area contributed by atoms with Crippen molar-refractivity contribution in [1.82, 2.24) is 14.8 Å². The molecule has 3 unspecified atom stereocenters. The fraction of sp³-hybridized carbons (Fsp3) is 0.400. The van der Waals surface area contributed by atoms with Crippen LogP contribution in [0.4, 0.5) is 14.5 Å². The molecule has 11 heteroatoms. The van der Waals surface area contributed by atoms with Gasteiger partial charge in [-0.25, -0.2) is 26.9 Å². The highest BCUT2D eigenvalue weighted by Crippen LogP contribution is 2.42. The molecule has 1 aliphatic carbocycles. The minimum absolute atomic E-state index is 0.0715. The molecule has 2 aromatic heterocycles. The van der Waals surface area contributed by atoms with Gasteiger partial charge >= 0.3 is 5.97 Å². The SMILES string of the molecule is O=C(O)C1CC(F)CCC1c1nn(-c2ccc(F)cn2)cc1-c1ccc(N2CCS(=O)(=O)CC2)cc1. The smallest absolute Gasteiger partial charge is 0.307 e. The number of aromatic nitrogens is 3. The van der Waals surface area contributed by atoms with Crippen molar-refractivity contribution < 1.29 is 27.1 Å². The number of sulfone groups is 1. The predicted molar refractivity (Wildman–Crippen MR) is 130 cm³/mol. The number of hydrogen-bond donors (Lipinski definition) is 1. The van der Waals surface area contributed by atoms with Crippen LogP contribution in [0.1, 0.15) is 30.9 Å². The van der Waals surface area contributed by atoms with E-state index in [0.717, 1.165) is 17.4 Å². The number of hydrogen-bond acceptors (Lipinski definition) is 6. The van der Waals surface area contributed by atoms with E-state index in [4.69, 9.17) is 0 Å². The van der Waals surface area contributed by atoms with Crippen molar-refractivity contribution >= 4 is 21.5 Å². The Labute approximate surface area is 207 Å². The molecule has 0 spiro atoms. The summed E-state index contributed by atoms with van der Waals surface area (Å²) in [7, 11) is -2.99. The normalized spacial score (nSPS) is 23.9.